The summed E-state index contributed by atoms with van der Waals surface area (Å²) in [6, 6.07) is 18.4. The summed E-state index contributed by atoms with van der Waals surface area (Å²) >= 11 is 3.15. The molecule has 10 nitrogen and oxygen atoms in total. The summed E-state index contributed by atoms with van der Waals surface area (Å²) < 4.78 is 5.56. The highest BCUT2D eigenvalue weighted by molar-refractivity contribution is 8.12. The van der Waals surface area contributed by atoms with Crippen LogP contribution in [0.15, 0.2) is 83.3 Å². The highest BCUT2D eigenvalue weighted by Crippen LogP contribution is 2.20. The van der Waals surface area contributed by atoms with Gasteiger partial charge in [0.2, 0.25) is 0 Å². The SMILES string of the molecule is C=C(N[C@H](CC[C@H](Cc1ccccc1)NC(=O)OCC1CN=CS1)Cc1ccccc1)[C@@H](NC(=O)N(C)Cc1csc(C(C)C)n1)C(C)=O. The quantitative estimate of drug-likeness (QED) is 0.141. The number of ketones is 1. The van der Waals surface area contributed by atoms with Crippen LogP contribution in [0.3, 0.4) is 0 Å². The molecule has 1 unspecified atom stereocenters. The van der Waals surface area contributed by atoms with Crippen LogP contribution >= 0.6 is 23.1 Å². The predicted molar refractivity (Wildman–Crippen MR) is 199 cm³/mol. The summed E-state index contributed by atoms with van der Waals surface area (Å²) in [6.45, 7) is 11.1. The number of thiazole rings is 1. The highest BCUT2D eigenvalue weighted by atomic mass is 32.2. The average Bonchev–Trinajstić information content (AvgIpc) is 3.78. The fraction of sp³-hybridized carbons (Fsp3) is 0.432. The third-order valence-electron chi connectivity index (χ3n) is 8.09. The van der Waals surface area contributed by atoms with E-state index in [1.54, 1.807) is 35.7 Å². The first-order valence-electron chi connectivity index (χ1n) is 16.6. The molecule has 0 aliphatic carbocycles. The summed E-state index contributed by atoms with van der Waals surface area (Å²) in [7, 11) is 1.68. The Labute approximate surface area is 298 Å². The molecule has 4 rings (SSSR count). The lowest BCUT2D eigenvalue weighted by Gasteiger charge is -2.29. The third-order valence-corrected chi connectivity index (χ3v) is 10.2. The molecule has 1 aliphatic heterocycles. The Morgan fingerprint density at radius 2 is 1.57 bits per heavy atom. The fourth-order valence-electron chi connectivity index (χ4n) is 5.44. The molecule has 12 heteroatoms. The van der Waals surface area contributed by atoms with Crippen molar-refractivity contribution >= 4 is 46.6 Å². The molecule has 2 heterocycles. The second-order valence-corrected chi connectivity index (χ2v) is 14.7. The number of Topliss-reactive ketones (excluding diaryl/α,β-unsaturated/α-hetero) is 1. The Bertz CT molecular complexity index is 1540. The van der Waals surface area contributed by atoms with Crippen molar-refractivity contribution in [2.75, 3.05) is 20.2 Å². The van der Waals surface area contributed by atoms with E-state index >= 15 is 0 Å². The zero-order valence-electron chi connectivity index (χ0n) is 28.8. The minimum atomic E-state index is -0.930. The van der Waals surface area contributed by atoms with Crippen LogP contribution in [0.1, 0.15) is 61.4 Å². The van der Waals surface area contributed by atoms with Gasteiger partial charge in [0, 0.05) is 36.1 Å². The van der Waals surface area contributed by atoms with Gasteiger partial charge in [-0.3, -0.25) is 9.79 Å². The van der Waals surface area contributed by atoms with Gasteiger partial charge in [-0.25, -0.2) is 14.6 Å². The van der Waals surface area contributed by atoms with Crippen LogP contribution in [0.2, 0.25) is 0 Å². The molecule has 1 aliphatic rings. The van der Waals surface area contributed by atoms with Gasteiger partial charge < -0.3 is 25.6 Å². The van der Waals surface area contributed by atoms with Crippen LogP contribution in [0.4, 0.5) is 9.59 Å². The van der Waals surface area contributed by atoms with E-state index in [1.807, 2.05) is 53.9 Å². The second-order valence-electron chi connectivity index (χ2n) is 12.7. The molecule has 0 saturated carbocycles. The van der Waals surface area contributed by atoms with E-state index < -0.39 is 18.2 Å². The molecule has 3 amide bonds. The highest BCUT2D eigenvalue weighted by Gasteiger charge is 2.26. The van der Waals surface area contributed by atoms with Gasteiger partial charge in [-0.1, -0.05) is 81.1 Å². The van der Waals surface area contributed by atoms with E-state index in [-0.39, 0.29) is 23.1 Å². The second kappa shape index (κ2) is 19.1. The molecule has 0 bridgehead atoms. The molecule has 0 fully saturated rings. The van der Waals surface area contributed by atoms with Gasteiger partial charge in [-0.2, -0.15) is 0 Å². The van der Waals surface area contributed by atoms with E-state index in [4.69, 9.17) is 4.74 Å². The maximum absolute atomic E-state index is 13.2. The molecule has 2 aromatic carbocycles. The van der Waals surface area contributed by atoms with Gasteiger partial charge in [-0.15, -0.1) is 23.1 Å². The van der Waals surface area contributed by atoms with Crippen molar-refractivity contribution < 1.29 is 19.1 Å². The van der Waals surface area contributed by atoms with Crippen molar-refractivity contribution in [1.29, 1.82) is 0 Å². The van der Waals surface area contributed by atoms with Crippen LogP contribution in [-0.2, 0) is 28.9 Å². The molecule has 49 heavy (non-hydrogen) atoms. The first-order chi connectivity index (χ1) is 23.6. The predicted octanol–water partition coefficient (Wildman–Crippen LogP) is 6.34. The topological polar surface area (TPSA) is 125 Å². The normalized spacial score (nSPS) is 15.7. The number of hydrogen-bond donors (Lipinski definition) is 3. The number of ether oxygens (including phenoxy) is 1. The van der Waals surface area contributed by atoms with Crippen LogP contribution in [-0.4, -0.2) is 76.9 Å². The van der Waals surface area contributed by atoms with Gasteiger partial charge in [0.05, 0.1) is 34.6 Å². The standard InChI is InChI=1S/C37H48N6O4S2/c1-25(2)35-40-32(23-48-35)21-43(5)36(45)42-34(27(4)44)26(3)39-30(18-28-12-8-6-9-13-28)16-17-31(19-29-14-10-7-11-15-29)41-37(46)47-22-33-20-38-24-49-33/h6-15,23-25,30-31,33-34,39H,3,16-22H2,1-2,4-5H3,(H,41,46)(H,42,45)/t30-,31-,33?,34-/m1/s1. The van der Waals surface area contributed by atoms with Gasteiger partial charge >= 0.3 is 12.1 Å². The number of hydrogen-bond acceptors (Lipinski definition) is 9. The monoisotopic (exact) mass is 704 g/mol. The molecule has 0 spiro atoms. The van der Waals surface area contributed by atoms with Crippen LogP contribution in [0.5, 0.6) is 0 Å². The van der Waals surface area contributed by atoms with Gasteiger partial charge in [0.15, 0.2) is 5.78 Å². The van der Waals surface area contributed by atoms with E-state index in [0.717, 1.165) is 21.8 Å². The van der Waals surface area contributed by atoms with Gasteiger partial charge in [0.25, 0.3) is 0 Å². The zero-order chi connectivity index (χ0) is 35.2. The molecule has 262 valence electrons. The Morgan fingerprint density at radius 1 is 0.959 bits per heavy atom. The van der Waals surface area contributed by atoms with Crippen LogP contribution in [0, 0.1) is 0 Å². The maximum atomic E-state index is 13.2. The largest absolute Gasteiger partial charge is 0.448 e. The number of urea groups is 1. The third kappa shape index (κ3) is 12.7. The summed E-state index contributed by atoms with van der Waals surface area (Å²) in [6.07, 6.45) is 2.12. The minimum Gasteiger partial charge on any atom is -0.448 e. The van der Waals surface area contributed by atoms with Crippen molar-refractivity contribution in [3.63, 3.8) is 0 Å². The van der Waals surface area contributed by atoms with E-state index in [0.29, 0.717) is 57.0 Å². The number of thioether (sulfide) groups is 1. The Balaban J connectivity index is 1.42. The summed E-state index contributed by atoms with van der Waals surface area (Å²) in [5, 5.41) is 12.5. The lowest BCUT2D eigenvalue weighted by atomic mass is 9.95. The molecule has 0 saturated heterocycles. The van der Waals surface area contributed by atoms with Gasteiger partial charge in [-0.05, 0) is 43.7 Å². The van der Waals surface area contributed by atoms with Crippen molar-refractivity contribution in [3.05, 3.63) is 100 Å². The van der Waals surface area contributed by atoms with Crippen molar-refractivity contribution in [2.24, 2.45) is 4.99 Å². The van der Waals surface area contributed by atoms with E-state index in [2.05, 4.69) is 58.5 Å². The van der Waals surface area contributed by atoms with Crippen LogP contribution in [0.25, 0.3) is 0 Å². The Morgan fingerprint density at radius 3 is 2.10 bits per heavy atom. The number of amides is 3. The number of alkyl carbamates (subject to hydrolysis) is 1. The number of carbonyl (C=O) groups is 3. The number of rotatable bonds is 18. The zero-order valence-corrected chi connectivity index (χ0v) is 30.4. The maximum Gasteiger partial charge on any atom is 0.407 e. The number of aliphatic imine (C=N–C) groups is 1. The molecular formula is C37H48N6O4S2. The lowest BCUT2D eigenvalue weighted by Crippen LogP contribution is -2.50. The number of nitrogens with one attached hydrogen (secondary N) is 3. The summed E-state index contributed by atoms with van der Waals surface area (Å²) in [4.78, 5) is 49.3. The van der Waals surface area contributed by atoms with Crippen molar-refractivity contribution in [2.45, 2.75) is 82.3 Å². The Hall–Kier alpha value is -4.16. The van der Waals surface area contributed by atoms with Gasteiger partial charge in [0.1, 0.15) is 12.6 Å². The molecular weight excluding hydrogens is 657 g/mol. The fourth-order valence-corrected chi connectivity index (χ4v) is 6.93. The van der Waals surface area contributed by atoms with E-state index in [9.17, 15) is 14.4 Å². The first kappa shape index (κ1) is 37.7. The van der Waals surface area contributed by atoms with E-state index in [1.165, 1.54) is 11.8 Å². The van der Waals surface area contributed by atoms with Crippen molar-refractivity contribution in [1.82, 2.24) is 25.8 Å². The molecule has 3 aromatic rings. The molecule has 0 radical (unpaired) electrons. The Kier molecular flexibility index (Phi) is 14.7. The number of carbonyl (C=O) groups excluding carboxylic acids is 3. The average molecular weight is 705 g/mol. The molecule has 4 atom stereocenters. The van der Waals surface area contributed by atoms with Crippen LogP contribution < -0.4 is 16.0 Å². The van der Waals surface area contributed by atoms with Crippen molar-refractivity contribution in [3.8, 4) is 0 Å². The molecule has 3 N–H and O–H groups in total. The minimum absolute atomic E-state index is 0.140. The lowest BCUT2D eigenvalue weighted by molar-refractivity contribution is -0.118. The number of benzene rings is 2. The summed E-state index contributed by atoms with van der Waals surface area (Å²) in [5.74, 6) is 0.0818. The number of nitrogens with zero attached hydrogens (tertiary/aromatic N) is 3. The summed E-state index contributed by atoms with van der Waals surface area (Å²) in [5.41, 5.74) is 5.23. The smallest absolute Gasteiger partial charge is 0.407 e. The number of aromatic nitrogens is 1. The first-order valence-corrected chi connectivity index (χ1v) is 18.5. The molecule has 1 aromatic heterocycles.